The van der Waals surface area contributed by atoms with Crippen molar-refractivity contribution in [3.8, 4) is 0 Å². The van der Waals surface area contributed by atoms with Crippen molar-refractivity contribution in [2.24, 2.45) is 5.73 Å². The van der Waals surface area contributed by atoms with Crippen LogP contribution in [0.2, 0.25) is 0 Å². The number of carbonyl (C=O) groups is 1. The van der Waals surface area contributed by atoms with E-state index < -0.39 is 0 Å². The summed E-state index contributed by atoms with van der Waals surface area (Å²) in [5.74, 6) is -0.0142. The monoisotopic (exact) mass is 232 g/mol. The Labute approximate surface area is 99.8 Å². The van der Waals surface area contributed by atoms with E-state index >= 15 is 0 Å². The standard InChI is InChI=1S/C12H16N4O/c1-15(7-4-6-13)12(17)10-9-14-16-8-3-2-5-11(10)16/h2-3,5,8-9H,4,6-7,13H2,1H3. The van der Waals surface area contributed by atoms with Crippen molar-refractivity contribution in [1.82, 2.24) is 14.5 Å². The lowest BCUT2D eigenvalue weighted by molar-refractivity contribution is 0.0796. The van der Waals surface area contributed by atoms with Gasteiger partial charge in [-0.3, -0.25) is 4.79 Å². The average Bonchev–Trinajstić information content (AvgIpc) is 2.78. The van der Waals surface area contributed by atoms with Crippen molar-refractivity contribution >= 4 is 11.4 Å². The van der Waals surface area contributed by atoms with Crippen molar-refractivity contribution in [3.63, 3.8) is 0 Å². The zero-order valence-corrected chi connectivity index (χ0v) is 9.84. The molecule has 5 nitrogen and oxygen atoms in total. The second kappa shape index (κ2) is 4.97. The number of pyridine rings is 1. The number of rotatable bonds is 4. The van der Waals surface area contributed by atoms with E-state index in [9.17, 15) is 4.79 Å². The van der Waals surface area contributed by atoms with E-state index in [2.05, 4.69) is 5.10 Å². The molecule has 0 saturated carbocycles. The van der Waals surface area contributed by atoms with Gasteiger partial charge in [-0.25, -0.2) is 4.52 Å². The molecule has 17 heavy (non-hydrogen) atoms. The molecule has 5 heteroatoms. The van der Waals surface area contributed by atoms with Crippen LogP contribution in [-0.4, -0.2) is 40.6 Å². The van der Waals surface area contributed by atoms with E-state index in [4.69, 9.17) is 5.73 Å². The lowest BCUT2D eigenvalue weighted by Crippen LogP contribution is -2.28. The van der Waals surface area contributed by atoms with Gasteiger partial charge in [0.2, 0.25) is 0 Å². The molecule has 0 aliphatic rings. The molecule has 2 aromatic heterocycles. The largest absolute Gasteiger partial charge is 0.342 e. The molecule has 2 heterocycles. The summed E-state index contributed by atoms with van der Waals surface area (Å²) in [6.45, 7) is 1.26. The highest BCUT2D eigenvalue weighted by molar-refractivity contribution is 6.00. The van der Waals surface area contributed by atoms with Gasteiger partial charge in [-0.2, -0.15) is 5.10 Å². The van der Waals surface area contributed by atoms with Crippen LogP contribution in [0.15, 0.2) is 30.6 Å². The zero-order valence-electron chi connectivity index (χ0n) is 9.84. The van der Waals surface area contributed by atoms with Gasteiger partial charge in [-0.15, -0.1) is 0 Å². The topological polar surface area (TPSA) is 63.6 Å². The van der Waals surface area contributed by atoms with Gasteiger partial charge < -0.3 is 10.6 Å². The average molecular weight is 232 g/mol. The van der Waals surface area contributed by atoms with Gasteiger partial charge in [-0.1, -0.05) is 6.07 Å². The second-order valence-corrected chi connectivity index (χ2v) is 3.96. The molecular weight excluding hydrogens is 216 g/mol. The summed E-state index contributed by atoms with van der Waals surface area (Å²) in [7, 11) is 1.78. The van der Waals surface area contributed by atoms with Gasteiger partial charge in [0.1, 0.15) is 0 Å². The maximum Gasteiger partial charge on any atom is 0.257 e. The number of hydrogen-bond donors (Lipinski definition) is 1. The second-order valence-electron chi connectivity index (χ2n) is 3.96. The molecule has 0 fully saturated rings. The minimum atomic E-state index is -0.0142. The molecule has 0 aliphatic carbocycles. The smallest absolute Gasteiger partial charge is 0.257 e. The van der Waals surface area contributed by atoms with Gasteiger partial charge in [0.25, 0.3) is 5.91 Å². The SMILES string of the molecule is CN(CCCN)C(=O)c1cnn2ccccc12. The predicted molar refractivity (Wildman–Crippen MR) is 65.8 cm³/mol. The number of fused-ring (bicyclic) bond motifs is 1. The summed E-state index contributed by atoms with van der Waals surface area (Å²) in [6, 6.07) is 5.66. The summed E-state index contributed by atoms with van der Waals surface area (Å²) in [5, 5.41) is 4.15. The fourth-order valence-electron chi connectivity index (χ4n) is 1.73. The Kier molecular flexibility index (Phi) is 3.39. The Bertz CT molecular complexity index is 520. The Balaban J connectivity index is 2.24. The first-order valence-electron chi connectivity index (χ1n) is 5.62. The van der Waals surface area contributed by atoms with Crippen LogP contribution in [-0.2, 0) is 0 Å². The molecule has 0 aromatic carbocycles. The van der Waals surface area contributed by atoms with E-state index in [1.165, 1.54) is 0 Å². The van der Waals surface area contributed by atoms with E-state index in [1.807, 2.05) is 24.4 Å². The Morgan fingerprint density at radius 3 is 3.12 bits per heavy atom. The Morgan fingerprint density at radius 1 is 1.53 bits per heavy atom. The third-order valence-electron chi connectivity index (χ3n) is 2.70. The number of nitrogens with two attached hydrogens (primary N) is 1. The quantitative estimate of drug-likeness (QED) is 0.846. The molecule has 0 bridgehead atoms. The Morgan fingerprint density at radius 2 is 2.35 bits per heavy atom. The Hall–Kier alpha value is -1.88. The summed E-state index contributed by atoms with van der Waals surface area (Å²) in [6.07, 6.45) is 4.24. The molecule has 90 valence electrons. The summed E-state index contributed by atoms with van der Waals surface area (Å²) >= 11 is 0. The van der Waals surface area contributed by atoms with Crippen LogP contribution in [0.25, 0.3) is 5.52 Å². The minimum Gasteiger partial charge on any atom is -0.342 e. The summed E-state index contributed by atoms with van der Waals surface area (Å²) in [4.78, 5) is 13.8. The number of carbonyl (C=O) groups excluding carboxylic acids is 1. The third-order valence-corrected chi connectivity index (χ3v) is 2.70. The normalized spacial score (nSPS) is 10.7. The zero-order chi connectivity index (χ0) is 12.3. The van der Waals surface area contributed by atoms with E-state index in [0.717, 1.165) is 11.9 Å². The molecule has 0 spiro atoms. The van der Waals surface area contributed by atoms with Crippen LogP contribution in [0.4, 0.5) is 0 Å². The maximum absolute atomic E-state index is 12.2. The van der Waals surface area contributed by atoms with Crippen molar-refractivity contribution in [2.75, 3.05) is 20.1 Å². The first-order valence-corrected chi connectivity index (χ1v) is 5.62. The maximum atomic E-state index is 12.2. The molecule has 0 atom stereocenters. The van der Waals surface area contributed by atoms with Crippen LogP contribution in [0.3, 0.4) is 0 Å². The summed E-state index contributed by atoms with van der Waals surface area (Å²) in [5.41, 5.74) is 6.89. The molecule has 2 rings (SSSR count). The molecule has 0 saturated heterocycles. The lowest BCUT2D eigenvalue weighted by atomic mass is 10.2. The minimum absolute atomic E-state index is 0.0142. The van der Waals surface area contributed by atoms with Crippen LogP contribution >= 0.6 is 0 Å². The van der Waals surface area contributed by atoms with Gasteiger partial charge >= 0.3 is 0 Å². The number of aromatic nitrogens is 2. The van der Waals surface area contributed by atoms with Gasteiger partial charge in [0, 0.05) is 19.8 Å². The van der Waals surface area contributed by atoms with Crippen molar-refractivity contribution in [2.45, 2.75) is 6.42 Å². The third kappa shape index (κ3) is 2.29. The fraction of sp³-hybridized carbons (Fsp3) is 0.333. The number of nitrogens with zero attached hydrogens (tertiary/aromatic N) is 3. The van der Waals surface area contributed by atoms with Crippen molar-refractivity contribution < 1.29 is 4.79 Å². The highest BCUT2D eigenvalue weighted by Gasteiger charge is 2.15. The predicted octanol–water partition coefficient (Wildman–Crippen LogP) is 0.755. The molecule has 1 amide bonds. The van der Waals surface area contributed by atoms with Gasteiger partial charge in [-0.05, 0) is 25.1 Å². The molecular formula is C12H16N4O. The molecule has 0 unspecified atom stereocenters. The molecule has 2 N–H and O–H groups in total. The van der Waals surface area contributed by atoms with Crippen LogP contribution in [0, 0.1) is 0 Å². The first kappa shape index (κ1) is 11.6. The number of amides is 1. The highest BCUT2D eigenvalue weighted by atomic mass is 16.2. The summed E-state index contributed by atoms with van der Waals surface area (Å²) < 4.78 is 1.70. The van der Waals surface area contributed by atoms with Crippen LogP contribution < -0.4 is 5.73 Å². The van der Waals surface area contributed by atoms with Crippen LogP contribution in [0.5, 0.6) is 0 Å². The highest BCUT2D eigenvalue weighted by Crippen LogP contribution is 2.12. The van der Waals surface area contributed by atoms with Crippen molar-refractivity contribution in [1.29, 1.82) is 0 Å². The van der Waals surface area contributed by atoms with E-state index in [-0.39, 0.29) is 5.91 Å². The van der Waals surface area contributed by atoms with E-state index in [1.54, 1.807) is 22.7 Å². The molecule has 0 aliphatic heterocycles. The van der Waals surface area contributed by atoms with Crippen LogP contribution in [0.1, 0.15) is 16.8 Å². The lowest BCUT2D eigenvalue weighted by Gasteiger charge is -2.15. The molecule has 2 aromatic rings. The molecule has 0 radical (unpaired) electrons. The fourth-order valence-corrected chi connectivity index (χ4v) is 1.73. The van der Waals surface area contributed by atoms with E-state index in [0.29, 0.717) is 18.7 Å². The first-order chi connectivity index (χ1) is 8.24. The van der Waals surface area contributed by atoms with Crippen molar-refractivity contribution in [3.05, 3.63) is 36.2 Å². The van der Waals surface area contributed by atoms with Gasteiger partial charge in [0.05, 0.1) is 17.3 Å². The van der Waals surface area contributed by atoms with Gasteiger partial charge in [0.15, 0.2) is 0 Å². The number of hydrogen-bond acceptors (Lipinski definition) is 3.